The SMILES string of the molecule is Cc1ccc(NS(=O)(=O)c2ccc(C#N)nc2)cc1Br. The second-order valence-corrected chi connectivity index (χ2v) is 6.60. The highest BCUT2D eigenvalue weighted by molar-refractivity contribution is 9.10. The molecule has 1 aromatic carbocycles. The van der Waals surface area contributed by atoms with Crippen LogP contribution in [0.1, 0.15) is 11.3 Å². The molecule has 1 aromatic heterocycles. The molecular weight excluding hydrogens is 342 g/mol. The van der Waals surface area contributed by atoms with E-state index in [1.54, 1.807) is 18.2 Å². The van der Waals surface area contributed by atoms with Crippen LogP contribution in [0.25, 0.3) is 0 Å². The van der Waals surface area contributed by atoms with E-state index in [9.17, 15) is 8.42 Å². The molecule has 0 saturated heterocycles. The van der Waals surface area contributed by atoms with Crippen molar-refractivity contribution < 1.29 is 8.42 Å². The molecule has 0 atom stereocenters. The molecular formula is C13H10BrN3O2S. The lowest BCUT2D eigenvalue weighted by atomic mass is 10.2. The van der Waals surface area contributed by atoms with Crippen molar-refractivity contribution in [3.05, 3.63) is 52.3 Å². The summed E-state index contributed by atoms with van der Waals surface area (Å²) in [5.74, 6) is 0. The van der Waals surface area contributed by atoms with Crippen molar-refractivity contribution in [1.29, 1.82) is 5.26 Å². The number of rotatable bonds is 3. The van der Waals surface area contributed by atoms with Gasteiger partial charge in [0.05, 0.1) is 0 Å². The van der Waals surface area contributed by atoms with Gasteiger partial charge >= 0.3 is 0 Å². The van der Waals surface area contributed by atoms with Gasteiger partial charge in [-0.2, -0.15) is 5.26 Å². The Labute approximate surface area is 125 Å². The molecule has 0 fully saturated rings. The summed E-state index contributed by atoms with van der Waals surface area (Å²) in [5.41, 5.74) is 1.63. The average molecular weight is 352 g/mol. The van der Waals surface area contributed by atoms with Crippen LogP contribution in [0.5, 0.6) is 0 Å². The van der Waals surface area contributed by atoms with Gasteiger partial charge in [-0.15, -0.1) is 0 Å². The van der Waals surface area contributed by atoms with Gasteiger partial charge in [-0.1, -0.05) is 22.0 Å². The quantitative estimate of drug-likeness (QED) is 0.921. The molecule has 0 radical (unpaired) electrons. The second kappa shape index (κ2) is 5.61. The molecule has 0 aliphatic heterocycles. The molecule has 1 N–H and O–H groups in total. The van der Waals surface area contributed by atoms with Gasteiger partial charge in [0.1, 0.15) is 16.7 Å². The normalized spacial score (nSPS) is 10.8. The van der Waals surface area contributed by atoms with Crippen molar-refractivity contribution in [1.82, 2.24) is 4.98 Å². The van der Waals surface area contributed by atoms with E-state index in [1.807, 2.05) is 13.0 Å². The lowest BCUT2D eigenvalue weighted by molar-refractivity contribution is 0.601. The Bertz CT molecular complexity index is 780. The summed E-state index contributed by atoms with van der Waals surface area (Å²) in [6.45, 7) is 1.91. The topological polar surface area (TPSA) is 82.9 Å². The van der Waals surface area contributed by atoms with E-state index in [0.29, 0.717) is 5.69 Å². The van der Waals surface area contributed by atoms with Gasteiger partial charge in [0.25, 0.3) is 10.0 Å². The predicted molar refractivity (Wildman–Crippen MR) is 78.6 cm³/mol. The Morgan fingerprint density at radius 1 is 1.30 bits per heavy atom. The first kappa shape index (κ1) is 14.5. The molecule has 0 spiro atoms. The smallest absolute Gasteiger partial charge is 0.263 e. The van der Waals surface area contributed by atoms with Crippen LogP contribution in [0.3, 0.4) is 0 Å². The molecule has 2 rings (SSSR count). The number of hydrogen-bond donors (Lipinski definition) is 1. The third kappa shape index (κ3) is 3.15. The fraction of sp³-hybridized carbons (Fsp3) is 0.0769. The zero-order valence-electron chi connectivity index (χ0n) is 10.5. The number of halogens is 1. The van der Waals surface area contributed by atoms with Crippen molar-refractivity contribution >= 4 is 31.6 Å². The van der Waals surface area contributed by atoms with Gasteiger partial charge in [-0.3, -0.25) is 4.72 Å². The summed E-state index contributed by atoms with van der Waals surface area (Å²) in [6, 6.07) is 9.71. The van der Waals surface area contributed by atoms with Crippen LogP contribution >= 0.6 is 15.9 Å². The first-order valence-electron chi connectivity index (χ1n) is 5.57. The number of anilines is 1. The predicted octanol–water partition coefficient (Wildman–Crippen LogP) is 2.83. The minimum atomic E-state index is -3.71. The zero-order valence-corrected chi connectivity index (χ0v) is 12.9. The summed E-state index contributed by atoms with van der Waals surface area (Å²) in [5, 5.41) is 8.64. The lowest BCUT2D eigenvalue weighted by Gasteiger charge is -2.09. The van der Waals surface area contributed by atoms with Gasteiger partial charge in [0, 0.05) is 16.4 Å². The van der Waals surface area contributed by atoms with Gasteiger partial charge < -0.3 is 0 Å². The molecule has 5 nitrogen and oxygen atoms in total. The van der Waals surface area contributed by atoms with Gasteiger partial charge in [0.2, 0.25) is 0 Å². The van der Waals surface area contributed by atoms with Crippen LogP contribution in [0.4, 0.5) is 5.69 Å². The van der Waals surface area contributed by atoms with Crippen LogP contribution in [0.15, 0.2) is 45.9 Å². The molecule has 0 saturated carbocycles. The van der Waals surface area contributed by atoms with Gasteiger partial charge in [-0.05, 0) is 36.8 Å². The van der Waals surface area contributed by atoms with Crippen molar-refractivity contribution in [2.24, 2.45) is 0 Å². The lowest BCUT2D eigenvalue weighted by Crippen LogP contribution is -2.13. The number of benzene rings is 1. The minimum Gasteiger partial charge on any atom is -0.280 e. The van der Waals surface area contributed by atoms with Crippen LogP contribution in [-0.2, 0) is 10.0 Å². The molecule has 0 amide bonds. The van der Waals surface area contributed by atoms with E-state index in [2.05, 4.69) is 25.6 Å². The largest absolute Gasteiger partial charge is 0.280 e. The van der Waals surface area contributed by atoms with E-state index in [1.165, 1.54) is 12.1 Å². The number of aryl methyl sites for hydroxylation is 1. The summed E-state index contributed by atoms with van der Waals surface area (Å²) >= 11 is 3.35. The number of nitriles is 1. The van der Waals surface area contributed by atoms with Crippen molar-refractivity contribution in [2.75, 3.05) is 4.72 Å². The number of hydrogen-bond acceptors (Lipinski definition) is 4. The van der Waals surface area contributed by atoms with Crippen molar-refractivity contribution in [3.63, 3.8) is 0 Å². The average Bonchev–Trinajstić information content (AvgIpc) is 2.43. The Balaban J connectivity index is 2.30. The third-order valence-electron chi connectivity index (χ3n) is 2.59. The highest BCUT2D eigenvalue weighted by Crippen LogP contribution is 2.22. The highest BCUT2D eigenvalue weighted by Gasteiger charge is 2.15. The van der Waals surface area contributed by atoms with E-state index in [0.717, 1.165) is 16.2 Å². The maximum Gasteiger partial charge on any atom is 0.263 e. The molecule has 102 valence electrons. The fourth-order valence-corrected chi connectivity index (χ4v) is 2.85. The molecule has 20 heavy (non-hydrogen) atoms. The molecule has 0 bridgehead atoms. The van der Waals surface area contributed by atoms with Gasteiger partial charge in [0.15, 0.2) is 0 Å². The zero-order chi connectivity index (χ0) is 14.8. The van der Waals surface area contributed by atoms with Gasteiger partial charge in [-0.25, -0.2) is 13.4 Å². The van der Waals surface area contributed by atoms with E-state index in [4.69, 9.17) is 5.26 Å². The van der Waals surface area contributed by atoms with Crippen LogP contribution in [0, 0.1) is 18.3 Å². The Morgan fingerprint density at radius 2 is 2.05 bits per heavy atom. The van der Waals surface area contributed by atoms with Crippen molar-refractivity contribution in [3.8, 4) is 6.07 Å². The number of nitrogens with zero attached hydrogens (tertiary/aromatic N) is 2. The molecule has 0 unspecified atom stereocenters. The maximum absolute atomic E-state index is 12.1. The summed E-state index contributed by atoms with van der Waals surface area (Å²) in [6.07, 6.45) is 1.16. The first-order chi connectivity index (χ1) is 9.42. The first-order valence-corrected chi connectivity index (χ1v) is 7.85. The Kier molecular flexibility index (Phi) is 4.06. The number of sulfonamides is 1. The monoisotopic (exact) mass is 351 g/mol. The number of pyridine rings is 1. The minimum absolute atomic E-state index is 0.00759. The van der Waals surface area contributed by atoms with Crippen LogP contribution < -0.4 is 4.72 Å². The standard InChI is InChI=1S/C13H10BrN3O2S/c1-9-2-3-10(6-13(9)14)17-20(18,19)12-5-4-11(7-15)16-8-12/h2-6,8,17H,1H3. The Morgan fingerprint density at radius 3 is 2.60 bits per heavy atom. The molecule has 7 heteroatoms. The molecule has 0 aliphatic carbocycles. The van der Waals surface area contributed by atoms with Crippen LogP contribution in [0.2, 0.25) is 0 Å². The second-order valence-electron chi connectivity index (χ2n) is 4.06. The molecule has 0 aliphatic rings. The third-order valence-corrected chi connectivity index (χ3v) is 4.81. The van der Waals surface area contributed by atoms with E-state index in [-0.39, 0.29) is 10.6 Å². The van der Waals surface area contributed by atoms with E-state index >= 15 is 0 Å². The highest BCUT2D eigenvalue weighted by atomic mass is 79.9. The number of aromatic nitrogens is 1. The van der Waals surface area contributed by atoms with Crippen LogP contribution in [-0.4, -0.2) is 13.4 Å². The van der Waals surface area contributed by atoms with E-state index < -0.39 is 10.0 Å². The summed E-state index contributed by atoms with van der Waals surface area (Å²) in [7, 11) is -3.71. The Hall–Kier alpha value is -1.91. The maximum atomic E-state index is 12.1. The van der Waals surface area contributed by atoms with Crippen molar-refractivity contribution in [2.45, 2.75) is 11.8 Å². The summed E-state index contributed by atoms with van der Waals surface area (Å²) < 4.78 is 27.6. The number of nitrogens with one attached hydrogen (secondary N) is 1. The molecule has 2 aromatic rings. The summed E-state index contributed by atoms with van der Waals surface area (Å²) in [4.78, 5) is 3.75. The molecule has 1 heterocycles. The fourth-order valence-electron chi connectivity index (χ4n) is 1.48.